The lowest BCUT2D eigenvalue weighted by Gasteiger charge is -2.12. The lowest BCUT2D eigenvalue weighted by molar-refractivity contribution is 0.0857. The first-order chi connectivity index (χ1) is 10.6. The summed E-state index contributed by atoms with van der Waals surface area (Å²) in [6, 6.07) is 2.11. The SMILES string of the molecule is Cc1nc2c(cnn2C(C)C)cc1C(=O)NC[C@@H]1CCCO1. The first-order valence-corrected chi connectivity index (χ1v) is 7.81. The van der Waals surface area contributed by atoms with Gasteiger partial charge >= 0.3 is 0 Å². The molecule has 1 aliphatic heterocycles. The molecule has 1 amide bonds. The molecule has 1 fully saturated rings. The van der Waals surface area contributed by atoms with Crippen LogP contribution in [0.25, 0.3) is 11.0 Å². The highest BCUT2D eigenvalue weighted by atomic mass is 16.5. The van der Waals surface area contributed by atoms with Crippen LogP contribution >= 0.6 is 0 Å². The summed E-state index contributed by atoms with van der Waals surface area (Å²) in [7, 11) is 0. The minimum Gasteiger partial charge on any atom is -0.376 e. The van der Waals surface area contributed by atoms with Gasteiger partial charge in [0.05, 0.1) is 23.6 Å². The van der Waals surface area contributed by atoms with Crippen molar-refractivity contribution >= 4 is 16.9 Å². The summed E-state index contributed by atoms with van der Waals surface area (Å²) in [6.45, 7) is 7.33. The Balaban J connectivity index is 1.80. The molecule has 2 aromatic rings. The van der Waals surface area contributed by atoms with Crippen LogP contribution in [0.4, 0.5) is 0 Å². The van der Waals surface area contributed by atoms with Gasteiger partial charge in [-0.15, -0.1) is 0 Å². The molecule has 0 aliphatic carbocycles. The van der Waals surface area contributed by atoms with Crippen molar-refractivity contribution < 1.29 is 9.53 Å². The van der Waals surface area contributed by atoms with Crippen molar-refractivity contribution in [1.82, 2.24) is 20.1 Å². The fraction of sp³-hybridized carbons (Fsp3) is 0.562. The molecule has 1 aliphatic rings. The van der Waals surface area contributed by atoms with Crippen LogP contribution in [0.5, 0.6) is 0 Å². The molecule has 3 heterocycles. The van der Waals surface area contributed by atoms with Crippen molar-refractivity contribution in [2.75, 3.05) is 13.2 Å². The number of hydrogen-bond acceptors (Lipinski definition) is 4. The number of aryl methyl sites for hydroxylation is 1. The molecule has 1 atom stereocenters. The molecule has 3 rings (SSSR count). The first-order valence-electron chi connectivity index (χ1n) is 7.81. The van der Waals surface area contributed by atoms with Crippen LogP contribution < -0.4 is 5.32 Å². The lowest BCUT2D eigenvalue weighted by Crippen LogP contribution is -2.32. The average Bonchev–Trinajstić information content (AvgIpc) is 3.12. The zero-order valence-corrected chi connectivity index (χ0v) is 13.3. The molecular weight excluding hydrogens is 280 g/mol. The van der Waals surface area contributed by atoms with E-state index >= 15 is 0 Å². The smallest absolute Gasteiger partial charge is 0.253 e. The van der Waals surface area contributed by atoms with E-state index in [0.29, 0.717) is 12.1 Å². The number of pyridine rings is 1. The van der Waals surface area contributed by atoms with E-state index in [1.807, 2.05) is 17.7 Å². The highest BCUT2D eigenvalue weighted by molar-refractivity contribution is 5.98. The summed E-state index contributed by atoms with van der Waals surface area (Å²) in [5.74, 6) is -0.0975. The maximum Gasteiger partial charge on any atom is 0.253 e. The number of rotatable bonds is 4. The number of nitrogens with zero attached hydrogens (tertiary/aromatic N) is 3. The van der Waals surface area contributed by atoms with E-state index in [1.165, 1.54) is 0 Å². The van der Waals surface area contributed by atoms with Gasteiger partial charge in [-0.25, -0.2) is 9.67 Å². The summed E-state index contributed by atoms with van der Waals surface area (Å²) in [5, 5.41) is 8.18. The zero-order chi connectivity index (χ0) is 15.7. The quantitative estimate of drug-likeness (QED) is 0.940. The molecule has 6 nitrogen and oxygen atoms in total. The van der Waals surface area contributed by atoms with Crippen LogP contribution in [0.2, 0.25) is 0 Å². The summed E-state index contributed by atoms with van der Waals surface area (Å²) in [6.07, 6.45) is 3.99. The molecule has 1 N–H and O–H groups in total. The number of aromatic nitrogens is 3. The Labute approximate surface area is 129 Å². The van der Waals surface area contributed by atoms with Crippen molar-refractivity contribution in [2.24, 2.45) is 0 Å². The second-order valence-electron chi connectivity index (χ2n) is 6.06. The van der Waals surface area contributed by atoms with Crippen LogP contribution in [-0.4, -0.2) is 39.9 Å². The van der Waals surface area contributed by atoms with Gasteiger partial charge in [0.2, 0.25) is 0 Å². The maximum atomic E-state index is 12.4. The standard InChI is InChI=1S/C16H22N4O2/c1-10(2)20-15-12(8-18-20)7-14(11(3)19-15)16(21)17-9-13-5-4-6-22-13/h7-8,10,13H,4-6,9H2,1-3H3,(H,17,21)/t13-/m0/s1. The fourth-order valence-corrected chi connectivity index (χ4v) is 2.78. The largest absolute Gasteiger partial charge is 0.376 e. The third-order valence-corrected chi connectivity index (χ3v) is 4.01. The molecule has 22 heavy (non-hydrogen) atoms. The normalized spacial score (nSPS) is 18.3. The van der Waals surface area contributed by atoms with Gasteiger partial charge < -0.3 is 10.1 Å². The van der Waals surface area contributed by atoms with Gasteiger partial charge in [-0.05, 0) is 39.7 Å². The summed E-state index contributed by atoms with van der Waals surface area (Å²) >= 11 is 0. The van der Waals surface area contributed by atoms with E-state index in [0.717, 1.165) is 36.2 Å². The van der Waals surface area contributed by atoms with Gasteiger partial charge in [0.25, 0.3) is 5.91 Å². The van der Waals surface area contributed by atoms with Crippen LogP contribution in [-0.2, 0) is 4.74 Å². The van der Waals surface area contributed by atoms with Crippen molar-refractivity contribution in [3.8, 4) is 0 Å². The number of carbonyl (C=O) groups is 1. The number of hydrogen-bond donors (Lipinski definition) is 1. The molecule has 0 unspecified atom stereocenters. The molecule has 0 aromatic carbocycles. The fourth-order valence-electron chi connectivity index (χ4n) is 2.78. The topological polar surface area (TPSA) is 69.0 Å². The van der Waals surface area contributed by atoms with Gasteiger partial charge in [-0.3, -0.25) is 4.79 Å². The molecule has 1 saturated heterocycles. The molecule has 0 radical (unpaired) electrons. The lowest BCUT2D eigenvalue weighted by atomic mass is 10.1. The van der Waals surface area contributed by atoms with Gasteiger partial charge in [-0.1, -0.05) is 0 Å². The number of fused-ring (bicyclic) bond motifs is 1. The molecule has 118 valence electrons. The molecule has 6 heteroatoms. The minimum absolute atomic E-state index is 0.0975. The molecule has 0 saturated carbocycles. The Morgan fingerprint density at radius 2 is 2.36 bits per heavy atom. The van der Waals surface area contributed by atoms with Crippen LogP contribution in [0, 0.1) is 6.92 Å². The number of amides is 1. The monoisotopic (exact) mass is 302 g/mol. The first kappa shape index (κ1) is 15.0. The Morgan fingerprint density at radius 3 is 3.05 bits per heavy atom. The van der Waals surface area contributed by atoms with E-state index in [9.17, 15) is 4.79 Å². The van der Waals surface area contributed by atoms with Gasteiger partial charge in [0.15, 0.2) is 5.65 Å². The van der Waals surface area contributed by atoms with E-state index in [-0.39, 0.29) is 18.1 Å². The zero-order valence-electron chi connectivity index (χ0n) is 13.3. The Hall–Kier alpha value is -1.95. The minimum atomic E-state index is -0.0975. The predicted molar refractivity (Wildman–Crippen MR) is 84.0 cm³/mol. The highest BCUT2D eigenvalue weighted by Crippen LogP contribution is 2.19. The van der Waals surface area contributed by atoms with Gasteiger partial charge in [0, 0.05) is 24.6 Å². The summed E-state index contributed by atoms with van der Waals surface area (Å²) in [4.78, 5) is 16.9. The molecule has 2 aromatic heterocycles. The number of nitrogens with one attached hydrogen (secondary N) is 1. The van der Waals surface area contributed by atoms with Crippen molar-refractivity contribution in [3.63, 3.8) is 0 Å². The second-order valence-corrected chi connectivity index (χ2v) is 6.06. The molecular formula is C16H22N4O2. The Bertz CT molecular complexity index is 687. The van der Waals surface area contributed by atoms with E-state index in [2.05, 4.69) is 29.2 Å². The van der Waals surface area contributed by atoms with E-state index in [1.54, 1.807) is 6.20 Å². The summed E-state index contributed by atoms with van der Waals surface area (Å²) < 4.78 is 7.40. The second kappa shape index (κ2) is 6.04. The predicted octanol–water partition coefficient (Wildman–Crippen LogP) is 2.23. The molecule has 0 bridgehead atoms. The third kappa shape index (κ3) is 2.83. The van der Waals surface area contributed by atoms with Gasteiger partial charge in [-0.2, -0.15) is 5.10 Å². The van der Waals surface area contributed by atoms with Gasteiger partial charge in [0.1, 0.15) is 0 Å². The number of ether oxygens (including phenoxy) is 1. The Kier molecular flexibility index (Phi) is 4.11. The van der Waals surface area contributed by atoms with Crippen molar-refractivity contribution in [2.45, 2.75) is 45.8 Å². The van der Waals surface area contributed by atoms with Crippen molar-refractivity contribution in [3.05, 3.63) is 23.5 Å². The molecule has 0 spiro atoms. The van der Waals surface area contributed by atoms with Crippen LogP contribution in [0.1, 0.15) is 48.8 Å². The van der Waals surface area contributed by atoms with Crippen molar-refractivity contribution in [1.29, 1.82) is 0 Å². The van der Waals surface area contributed by atoms with E-state index < -0.39 is 0 Å². The van der Waals surface area contributed by atoms with Crippen LogP contribution in [0.3, 0.4) is 0 Å². The number of carbonyl (C=O) groups excluding carboxylic acids is 1. The third-order valence-electron chi connectivity index (χ3n) is 4.01. The Morgan fingerprint density at radius 1 is 1.55 bits per heavy atom. The van der Waals surface area contributed by atoms with Crippen LogP contribution in [0.15, 0.2) is 12.3 Å². The average molecular weight is 302 g/mol. The highest BCUT2D eigenvalue weighted by Gasteiger charge is 2.19. The maximum absolute atomic E-state index is 12.4. The van der Waals surface area contributed by atoms with E-state index in [4.69, 9.17) is 4.74 Å². The summed E-state index contributed by atoms with van der Waals surface area (Å²) in [5.41, 5.74) is 2.15.